The molecule has 34 heavy (non-hydrogen) atoms. The van der Waals surface area contributed by atoms with Crippen LogP contribution in [0.1, 0.15) is 31.4 Å². The Hall–Kier alpha value is -3.56. The van der Waals surface area contributed by atoms with Crippen molar-refractivity contribution in [2.24, 2.45) is 11.7 Å². The average Bonchev–Trinajstić information content (AvgIpc) is 2.77. The van der Waals surface area contributed by atoms with Gasteiger partial charge in [0.1, 0.15) is 12.6 Å². The molecule has 2 rings (SSSR count). The number of primary amides is 1. The van der Waals surface area contributed by atoms with E-state index in [9.17, 15) is 27.6 Å². The zero-order valence-corrected chi connectivity index (χ0v) is 18.9. The molecule has 0 bridgehead atoms. The Labute approximate surface area is 195 Å². The first-order chi connectivity index (χ1) is 15.9. The number of amides is 3. The molecule has 3 amide bonds. The van der Waals surface area contributed by atoms with Gasteiger partial charge in [-0.1, -0.05) is 74.5 Å². The van der Waals surface area contributed by atoms with Crippen LogP contribution in [0.25, 0.3) is 0 Å². The summed E-state index contributed by atoms with van der Waals surface area (Å²) in [5.41, 5.74) is 2.58. The zero-order valence-electron chi connectivity index (χ0n) is 18.9. The van der Waals surface area contributed by atoms with E-state index in [0.29, 0.717) is 5.56 Å². The second-order valence-electron chi connectivity index (χ2n) is 8.31. The molecular formula is C24H28F3N3O4. The standard InChI is InChI=1S/C24H28F3N3O4/c1-16(2)13-19(20(28)31)29-21(32)23(24(25,26)27,14-17-9-5-3-6-10-17)30-22(33)34-15-18-11-7-4-8-12-18/h3-12,16,19H,13-15H2,1-2H3,(H2,28,31)(H,29,32)(H,30,33)/t19-,23?/m0/s1. The zero-order chi connectivity index (χ0) is 25.4. The smallest absolute Gasteiger partial charge is 0.421 e. The molecule has 7 nitrogen and oxygen atoms in total. The van der Waals surface area contributed by atoms with Gasteiger partial charge in [-0.25, -0.2) is 4.79 Å². The Kier molecular flexibility index (Phi) is 9.05. The Balaban J connectivity index is 2.38. The minimum atomic E-state index is -5.24. The summed E-state index contributed by atoms with van der Waals surface area (Å²) in [5.74, 6) is -2.73. The molecule has 0 spiro atoms. The SMILES string of the molecule is CC(C)C[C@H](NC(=O)C(Cc1ccccc1)(NC(=O)OCc1ccccc1)C(F)(F)F)C(N)=O. The number of carbonyl (C=O) groups excluding carboxylic acids is 3. The second kappa shape index (κ2) is 11.5. The van der Waals surface area contributed by atoms with Gasteiger partial charge in [0.05, 0.1) is 0 Å². The van der Waals surface area contributed by atoms with Gasteiger partial charge in [-0.15, -0.1) is 0 Å². The summed E-state index contributed by atoms with van der Waals surface area (Å²) in [6.45, 7) is 3.15. The number of hydrogen-bond acceptors (Lipinski definition) is 4. The maximum Gasteiger partial charge on any atom is 0.421 e. The highest BCUT2D eigenvalue weighted by Gasteiger charge is 2.62. The van der Waals surface area contributed by atoms with Crippen LogP contribution in [0, 0.1) is 5.92 Å². The summed E-state index contributed by atoms with van der Waals surface area (Å²) in [5, 5.41) is 3.83. The topological polar surface area (TPSA) is 111 Å². The fourth-order valence-electron chi connectivity index (χ4n) is 3.32. The third kappa shape index (κ3) is 7.23. The van der Waals surface area contributed by atoms with Crippen molar-refractivity contribution in [3.05, 3.63) is 71.8 Å². The molecule has 0 fully saturated rings. The van der Waals surface area contributed by atoms with Crippen molar-refractivity contribution in [2.75, 3.05) is 0 Å². The number of ether oxygens (including phenoxy) is 1. The third-order valence-electron chi connectivity index (χ3n) is 5.07. The van der Waals surface area contributed by atoms with E-state index in [-0.39, 0.29) is 24.5 Å². The largest absolute Gasteiger partial charge is 0.445 e. The molecule has 0 aromatic heterocycles. The normalized spacial score (nSPS) is 14.1. The first kappa shape index (κ1) is 26.7. The lowest BCUT2D eigenvalue weighted by Gasteiger charge is -2.36. The van der Waals surface area contributed by atoms with Crippen LogP contribution in [0.5, 0.6) is 0 Å². The molecule has 0 aliphatic heterocycles. The van der Waals surface area contributed by atoms with Crippen LogP contribution < -0.4 is 16.4 Å². The monoisotopic (exact) mass is 479 g/mol. The van der Waals surface area contributed by atoms with E-state index in [1.807, 2.05) is 0 Å². The third-order valence-corrected chi connectivity index (χ3v) is 5.07. The first-order valence-corrected chi connectivity index (χ1v) is 10.6. The minimum Gasteiger partial charge on any atom is -0.445 e. The molecule has 2 atom stereocenters. The lowest BCUT2D eigenvalue weighted by molar-refractivity contribution is -0.199. The molecule has 1 unspecified atom stereocenters. The van der Waals surface area contributed by atoms with Crippen molar-refractivity contribution in [3.8, 4) is 0 Å². The van der Waals surface area contributed by atoms with Crippen LogP contribution in [0.4, 0.5) is 18.0 Å². The van der Waals surface area contributed by atoms with E-state index in [1.54, 1.807) is 55.6 Å². The van der Waals surface area contributed by atoms with Gasteiger partial charge in [-0.3, -0.25) is 14.9 Å². The van der Waals surface area contributed by atoms with Crippen LogP contribution in [0.3, 0.4) is 0 Å². The molecule has 0 radical (unpaired) electrons. The van der Waals surface area contributed by atoms with Gasteiger partial charge in [0.25, 0.3) is 5.91 Å². The molecule has 0 aliphatic rings. The summed E-state index contributed by atoms with van der Waals surface area (Å²) >= 11 is 0. The lowest BCUT2D eigenvalue weighted by atomic mass is 9.88. The van der Waals surface area contributed by atoms with Crippen molar-refractivity contribution in [3.63, 3.8) is 0 Å². The summed E-state index contributed by atoms with van der Waals surface area (Å²) in [6, 6.07) is 14.4. The molecule has 0 aliphatic carbocycles. The summed E-state index contributed by atoms with van der Waals surface area (Å²) in [6.07, 6.45) is -7.57. The molecular weight excluding hydrogens is 451 g/mol. The molecule has 2 aromatic rings. The fraction of sp³-hybridized carbons (Fsp3) is 0.375. The van der Waals surface area contributed by atoms with Gasteiger partial charge in [-0.05, 0) is 23.5 Å². The van der Waals surface area contributed by atoms with E-state index < -0.39 is 42.1 Å². The minimum absolute atomic E-state index is 0.0266. The van der Waals surface area contributed by atoms with Gasteiger partial charge in [0, 0.05) is 6.42 Å². The molecule has 2 aromatic carbocycles. The number of carbonyl (C=O) groups is 3. The molecule has 0 heterocycles. The van der Waals surface area contributed by atoms with E-state index >= 15 is 0 Å². The maximum absolute atomic E-state index is 14.5. The highest BCUT2D eigenvalue weighted by atomic mass is 19.4. The number of benzene rings is 2. The number of alkyl halides is 3. The number of hydrogen-bond donors (Lipinski definition) is 3. The summed E-state index contributed by atoms with van der Waals surface area (Å²) in [7, 11) is 0. The van der Waals surface area contributed by atoms with Crippen LogP contribution in [-0.2, 0) is 27.4 Å². The Morgan fingerprint density at radius 3 is 1.94 bits per heavy atom. The maximum atomic E-state index is 14.5. The lowest BCUT2D eigenvalue weighted by Crippen LogP contribution is -2.70. The van der Waals surface area contributed by atoms with Crippen molar-refractivity contribution in [1.82, 2.24) is 10.6 Å². The molecule has 10 heteroatoms. The van der Waals surface area contributed by atoms with Gasteiger partial charge in [0.15, 0.2) is 0 Å². The Morgan fingerprint density at radius 2 is 1.47 bits per heavy atom. The number of rotatable bonds is 10. The predicted octanol–water partition coefficient (Wildman–Crippen LogP) is 3.47. The Morgan fingerprint density at radius 1 is 0.941 bits per heavy atom. The van der Waals surface area contributed by atoms with Gasteiger partial charge >= 0.3 is 12.3 Å². The van der Waals surface area contributed by atoms with Crippen molar-refractivity contribution in [1.29, 1.82) is 0 Å². The summed E-state index contributed by atoms with van der Waals surface area (Å²) < 4.78 is 48.5. The Bertz CT molecular complexity index is 968. The van der Waals surface area contributed by atoms with Crippen molar-refractivity contribution >= 4 is 17.9 Å². The molecule has 184 valence electrons. The van der Waals surface area contributed by atoms with Crippen LogP contribution >= 0.6 is 0 Å². The number of nitrogens with two attached hydrogens (primary N) is 1. The van der Waals surface area contributed by atoms with Crippen LogP contribution in [0.2, 0.25) is 0 Å². The highest BCUT2D eigenvalue weighted by Crippen LogP contribution is 2.34. The molecule has 4 N–H and O–H groups in total. The van der Waals surface area contributed by atoms with E-state index in [4.69, 9.17) is 10.5 Å². The van der Waals surface area contributed by atoms with Crippen molar-refractivity contribution < 1.29 is 32.3 Å². The highest BCUT2D eigenvalue weighted by molar-refractivity contribution is 5.94. The number of alkyl carbamates (subject to hydrolysis) is 1. The first-order valence-electron chi connectivity index (χ1n) is 10.6. The van der Waals surface area contributed by atoms with E-state index in [1.165, 1.54) is 24.3 Å². The van der Waals surface area contributed by atoms with E-state index in [0.717, 1.165) is 0 Å². The van der Waals surface area contributed by atoms with Gasteiger partial charge < -0.3 is 15.8 Å². The van der Waals surface area contributed by atoms with Crippen molar-refractivity contribution in [2.45, 2.75) is 51.1 Å². The van der Waals surface area contributed by atoms with Gasteiger partial charge in [-0.2, -0.15) is 13.2 Å². The predicted molar refractivity (Wildman–Crippen MR) is 119 cm³/mol. The fourth-order valence-corrected chi connectivity index (χ4v) is 3.32. The molecule has 0 saturated heterocycles. The number of halogens is 3. The summed E-state index contributed by atoms with van der Waals surface area (Å²) in [4.78, 5) is 37.4. The quantitative estimate of drug-likeness (QED) is 0.485. The number of nitrogens with one attached hydrogen (secondary N) is 2. The van der Waals surface area contributed by atoms with Gasteiger partial charge in [0.2, 0.25) is 11.4 Å². The van der Waals surface area contributed by atoms with Crippen LogP contribution in [0.15, 0.2) is 60.7 Å². The van der Waals surface area contributed by atoms with E-state index in [2.05, 4.69) is 5.32 Å². The molecule has 0 saturated carbocycles. The average molecular weight is 479 g/mol. The second-order valence-corrected chi connectivity index (χ2v) is 8.31. The van der Waals surface area contributed by atoms with Crippen LogP contribution in [-0.4, -0.2) is 35.7 Å².